The fourth-order valence-corrected chi connectivity index (χ4v) is 3.49. The average Bonchev–Trinajstić information content (AvgIpc) is 2.73. The second-order valence-electron chi connectivity index (χ2n) is 6.85. The van der Waals surface area contributed by atoms with Crippen LogP contribution in [0.25, 0.3) is 0 Å². The lowest BCUT2D eigenvalue weighted by Crippen LogP contribution is -2.39. The summed E-state index contributed by atoms with van der Waals surface area (Å²) in [4.78, 5) is 25.0. The van der Waals surface area contributed by atoms with E-state index in [0.29, 0.717) is 11.4 Å². The van der Waals surface area contributed by atoms with Crippen molar-refractivity contribution in [2.45, 2.75) is 25.3 Å². The van der Waals surface area contributed by atoms with Crippen LogP contribution in [0, 0.1) is 0 Å². The molecule has 0 bridgehead atoms. The topological polar surface area (TPSA) is 115 Å². The maximum atomic E-state index is 12.7. The number of amides is 1. The number of hydrogen-bond acceptors (Lipinski definition) is 7. The molecule has 8 nitrogen and oxygen atoms in total. The van der Waals surface area contributed by atoms with Gasteiger partial charge in [0.1, 0.15) is 5.75 Å². The first-order valence-electron chi connectivity index (χ1n) is 9.41. The Morgan fingerprint density at radius 2 is 1.83 bits per heavy atom. The molecular formula is C21H22N6O2. The van der Waals surface area contributed by atoms with E-state index in [4.69, 9.17) is 10.5 Å². The summed E-state index contributed by atoms with van der Waals surface area (Å²) in [6, 6.07) is 15.7. The number of nitrogens with zero attached hydrogens (tertiary/aromatic N) is 3. The molecule has 0 fully saturated rings. The van der Waals surface area contributed by atoms with Gasteiger partial charge in [0.25, 0.3) is 5.91 Å². The molecule has 1 atom stereocenters. The lowest BCUT2D eigenvalue weighted by atomic mass is 9.88. The lowest BCUT2D eigenvalue weighted by molar-refractivity contribution is 0.0923. The first-order chi connectivity index (χ1) is 14.1. The zero-order valence-electron chi connectivity index (χ0n) is 16.1. The Bertz CT molecular complexity index is 1040. The molecule has 29 heavy (non-hydrogen) atoms. The number of anilines is 3. The molecule has 8 heteroatoms. The van der Waals surface area contributed by atoms with Gasteiger partial charge < -0.3 is 21.1 Å². The summed E-state index contributed by atoms with van der Waals surface area (Å²) in [7, 11) is 1.57. The number of fused-ring (bicyclic) bond motifs is 1. The van der Waals surface area contributed by atoms with E-state index in [-0.39, 0.29) is 29.7 Å². The van der Waals surface area contributed by atoms with Gasteiger partial charge in [0.15, 0.2) is 0 Å². The maximum absolute atomic E-state index is 12.7. The number of rotatable bonds is 5. The summed E-state index contributed by atoms with van der Waals surface area (Å²) in [5.74, 6) is 0.386. The predicted octanol–water partition coefficient (Wildman–Crippen LogP) is 2.49. The lowest BCUT2D eigenvalue weighted by Gasteiger charge is -2.25. The third kappa shape index (κ3) is 4.26. The van der Waals surface area contributed by atoms with Crippen molar-refractivity contribution in [2.75, 3.05) is 18.2 Å². The summed E-state index contributed by atoms with van der Waals surface area (Å²) in [6.45, 7) is 0. The quantitative estimate of drug-likeness (QED) is 0.613. The van der Waals surface area contributed by atoms with Gasteiger partial charge in [-0.2, -0.15) is 15.0 Å². The van der Waals surface area contributed by atoms with Crippen molar-refractivity contribution in [3.63, 3.8) is 0 Å². The van der Waals surface area contributed by atoms with Gasteiger partial charge in [-0.15, -0.1) is 0 Å². The third-order valence-corrected chi connectivity index (χ3v) is 4.89. The number of aryl methyl sites for hydroxylation is 1. The van der Waals surface area contributed by atoms with Gasteiger partial charge in [-0.1, -0.05) is 36.4 Å². The minimum Gasteiger partial charge on any atom is -0.495 e. The van der Waals surface area contributed by atoms with Crippen LogP contribution in [0.4, 0.5) is 17.6 Å². The third-order valence-electron chi connectivity index (χ3n) is 4.89. The molecule has 0 aliphatic heterocycles. The van der Waals surface area contributed by atoms with Crippen LogP contribution in [0.1, 0.15) is 28.2 Å². The number of methoxy groups -OCH3 is 1. The molecule has 1 heterocycles. The van der Waals surface area contributed by atoms with E-state index in [0.717, 1.165) is 19.3 Å². The molecular weight excluding hydrogens is 368 g/mol. The molecule has 1 aliphatic rings. The predicted molar refractivity (Wildman–Crippen MR) is 110 cm³/mol. The monoisotopic (exact) mass is 390 g/mol. The van der Waals surface area contributed by atoms with E-state index < -0.39 is 0 Å². The highest BCUT2D eigenvalue weighted by molar-refractivity contribution is 5.91. The summed E-state index contributed by atoms with van der Waals surface area (Å²) < 4.78 is 5.31. The van der Waals surface area contributed by atoms with Crippen molar-refractivity contribution in [3.8, 4) is 5.75 Å². The SMILES string of the molecule is COc1ccccc1Nc1nc(N)nc(C(=O)NC2CCc3ccccc3C2)n1. The minimum absolute atomic E-state index is 0.0197. The maximum Gasteiger partial charge on any atom is 0.289 e. The highest BCUT2D eigenvalue weighted by Gasteiger charge is 2.22. The van der Waals surface area contributed by atoms with Gasteiger partial charge in [-0.05, 0) is 42.5 Å². The number of nitrogens with one attached hydrogen (secondary N) is 2. The summed E-state index contributed by atoms with van der Waals surface area (Å²) in [5, 5.41) is 6.05. The first-order valence-corrected chi connectivity index (χ1v) is 9.41. The van der Waals surface area contributed by atoms with Crippen LogP contribution in [0.5, 0.6) is 5.75 Å². The normalized spacial score (nSPS) is 15.3. The molecule has 0 saturated carbocycles. The molecule has 4 rings (SSSR count). The summed E-state index contributed by atoms with van der Waals surface area (Å²) >= 11 is 0. The molecule has 0 saturated heterocycles. The zero-order valence-corrected chi connectivity index (χ0v) is 16.1. The second-order valence-corrected chi connectivity index (χ2v) is 6.85. The molecule has 4 N–H and O–H groups in total. The van der Waals surface area contributed by atoms with Crippen LogP contribution in [0.15, 0.2) is 48.5 Å². The fraction of sp³-hybridized carbons (Fsp3) is 0.238. The van der Waals surface area contributed by atoms with Gasteiger partial charge in [-0.3, -0.25) is 4.79 Å². The Kier molecular flexibility index (Phi) is 5.24. The van der Waals surface area contributed by atoms with Gasteiger partial charge in [0.2, 0.25) is 17.7 Å². The molecule has 1 aromatic heterocycles. The second kappa shape index (κ2) is 8.14. The Labute approximate surface area is 168 Å². The van der Waals surface area contributed by atoms with Gasteiger partial charge in [-0.25, -0.2) is 0 Å². The number of ether oxygens (including phenoxy) is 1. The Balaban J connectivity index is 1.49. The van der Waals surface area contributed by atoms with E-state index in [1.807, 2.05) is 30.3 Å². The van der Waals surface area contributed by atoms with Gasteiger partial charge in [0.05, 0.1) is 12.8 Å². The van der Waals surface area contributed by atoms with Crippen LogP contribution < -0.4 is 21.1 Å². The van der Waals surface area contributed by atoms with Crippen molar-refractivity contribution >= 4 is 23.5 Å². The van der Waals surface area contributed by atoms with E-state index in [1.165, 1.54) is 11.1 Å². The highest BCUT2D eigenvalue weighted by atomic mass is 16.5. The van der Waals surface area contributed by atoms with Crippen molar-refractivity contribution < 1.29 is 9.53 Å². The number of carbonyl (C=O) groups is 1. The highest BCUT2D eigenvalue weighted by Crippen LogP contribution is 2.26. The largest absolute Gasteiger partial charge is 0.495 e. The van der Waals surface area contributed by atoms with Crippen LogP contribution in [0.3, 0.4) is 0 Å². The summed E-state index contributed by atoms with van der Waals surface area (Å²) in [5.41, 5.74) is 9.07. The molecule has 2 aromatic carbocycles. The van der Waals surface area contributed by atoms with Gasteiger partial charge >= 0.3 is 0 Å². The molecule has 3 aromatic rings. The van der Waals surface area contributed by atoms with Crippen LogP contribution in [-0.4, -0.2) is 34.0 Å². The standard InChI is InChI=1S/C21H22N6O2/c1-29-17-9-5-4-8-16(17)24-21-26-18(25-20(22)27-21)19(28)23-15-11-10-13-6-2-3-7-14(13)12-15/h2-9,15H,10-12H2,1H3,(H,23,28)(H3,22,24,25,26,27). The van der Waals surface area contributed by atoms with Crippen LogP contribution >= 0.6 is 0 Å². The smallest absolute Gasteiger partial charge is 0.289 e. The number of para-hydroxylation sites is 2. The van der Waals surface area contributed by atoms with E-state index in [1.54, 1.807) is 13.2 Å². The van der Waals surface area contributed by atoms with Crippen molar-refractivity contribution in [2.24, 2.45) is 0 Å². The zero-order chi connectivity index (χ0) is 20.2. The number of aromatic nitrogens is 3. The van der Waals surface area contributed by atoms with Gasteiger partial charge in [0, 0.05) is 6.04 Å². The van der Waals surface area contributed by atoms with E-state index in [2.05, 4.69) is 37.7 Å². The van der Waals surface area contributed by atoms with E-state index in [9.17, 15) is 4.79 Å². The summed E-state index contributed by atoms with van der Waals surface area (Å²) in [6.07, 6.45) is 2.59. The number of benzene rings is 2. The number of nitrogens with two attached hydrogens (primary N) is 1. The molecule has 1 aliphatic carbocycles. The average molecular weight is 390 g/mol. The Morgan fingerprint density at radius 3 is 2.66 bits per heavy atom. The number of hydrogen-bond donors (Lipinski definition) is 3. The molecule has 0 radical (unpaired) electrons. The number of carbonyl (C=O) groups excluding carboxylic acids is 1. The molecule has 1 amide bonds. The van der Waals surface area contributed by atoms with Crippen LogP contribution in [0.2, 0.25) is 0 Å². The van der Waals surface area contributed by atoms with Crippen molar-refractivity contribution in [1.29, 1.82) is 0 Å². The van der Waals surface area contributed by atoms with Crippen molar-refractivity contribution in [1.82, 2.24) is 20.3 Å². The van der Waals surface area contributed by atoms with E-state index >= 15 is 0 Å². The molecule has 148 valence electrons. The van der Waals surface area contributed by atoms with Crippen LogP contribution in [-0.2, 0) is 12.8 Å². The molecule has 0 spiro atoms. The Hall–Kier alpha value is -3.68. The fourth-order valence-electron chi connectivity index (χ4n) is 3.49. The van der Waals surface area contributed by atoms with Crippen molar-refractivity contribution in [3.05, 3.63) is 65.5 Å². The molecule has 1 unspecified atom stereocenters. The minimum atomic E-state index is -0.369. The Morgan fingerprint density at radius 1 is 1.07 bits per heavy atom. The first kappa shape index (κ1) is 18.7. The number of nitrogen functional groups attached to an aromatic ring is 1.